The maximum atomic E-state index is 11.7. The monoisotopic (exact) mass is 399 g/mol. The Morgan fingerprint density at radius 1 is 1.24 bits per heavy atom. The van der Waals surface area contributed by atoms with Gasteiger partial charge in [-0.05, 0) is 24.1 Å². The summed E-state index contributed by atoms with van der Waals surface area (Å²) in [5, 5.41) is 0. The van der Waals surface area contributed by atoms with Crippen molar-refractivity contribution in [1.82, 2.24) is 9.88 Å². The smallest absolute Gasteiger partial charge is 0.339 e. The molecule has 0 radical (unpaired) electrons. The van der Waals surface area contributed by atoms with E-state index in [2.05, 4.69) is 39.0 Å². The number of aromatic nitrogens is 1. The zero-order valence-corrected chi connectivity index (χ0v) is 17.3. The van der Waals surface area contributed by atoms with Crippen LogP contribution in [0.3, 0.4) is 0 Å². The molecule has 2 atom stereocenters. The molecule has 7 heteroatoms. The van der Waals surface area contributed by atoms with Crippen LogP contribution in [0.4, 0.5) is 5.82 Å². The zero-order valence-electron chi connectivity index (χ0n) is 17.3. The number of ether oxygens (including phenoxy) is 3. The van der Waals surface area contributed by atoms with Crippen molar-refractivity contribution in [2.75, 3.05) is 52.6 Å². The van der Waals surface area contributed by atoms with Gasteiger partial charge < -0.3 is 19.1 Å². The molecule has 2 aromatic rings. The number of anilines is 1. The summed E-state index contributed by atoms with van der Waals surface area (Å²) >= 11 is 0. The van der Waals surface area contributed by atoms with Gasteiger partial charge in [-0.2, -0.15) is 0 Å². The van der Waals surface area contributed by atoms with E-state index in [1.165, 1.54) is 12.7 Å². The number of likely N-dealkylation sites (N-methyl/N-ethyl adjacent to an activating group) is 1. The molecule has 1 aliphatic heterocycles. The molecule has 3 rings (SSSR count). The van der Waals surface area contributed by atoms with Crippen LogP contribution in [0.5, 0.6) is 0 Å². The number of pyridine rings is 1. The summed E-state index contributed by atoms with van der Waals surface area (Å²) in [4.78, 5) is 20.7. The van der Waals surface area contributed by atoms with E-state index in [4.69, 9.17) is 14.2 Å². The van der Waals surface area contributed by atoms with E-state index in [9.17, 15) is 4.79 Å². The SMILES string of the molecule is COCO[C@H]1CCN(C[C@H](c2ccccc2)N(C)c2ccc(C(=O)OC)cn2)C1. The number of benzene rings is 1. The maximum absolute atomic E-state index is 11.7. The summed E-state index contributed by atoms with van der Waals surface area (Å²) in [7, 11) is 5.05. The molecule has 0 aliphatic carbocycles. The van der Waals surface area contributed by atoms with Gasteiger partial charge in [0.15, 0.2) is 0 Å². The minimum absolute atomic E-state index is 0.119. The van der Waals surface area contributed by atoms with Crippen LogP contribution >= 0.6 is 0 Å². The Morgan fingerprint density at radius 2 is 2.03 bits per heavy atom. The predicted molar refractivity (Wildman–Crippen MR) is 111 cm³/mol. The second-order valence-electron chi connectivity index (χ2n) is 7.18. The lowest BCUT2D eigenvalue weighted by Gasteiger charge is -2.33. The Labute approximate surface area is 172 Å². The number of rotatable bonds is 9. The topological polar surface area (TPSA) is 64.1 Å². The molecule has 0 amide bonds. The molecule has 29 heavy (non-hydrogen) atoms. The minimum atomic E-state index is -0.384. The second kappa shape index (κ2) is 10.3. The Morgan fingerprint density at radius 3 is 2.69 bits per heavy atom. The summed E-state index contributed by atoms with van der Waals surface area (Å²) in [6, 6.07) is 14.1. The highest BCUT2D eigenvalue weighted by atomic mass is 16.7. The lowest BCUT2D eigenvalue weighted by molar-refractivity contribution is -0.0671. The minimum Gasteiger partial charge on any atom is -0.465 e. The molecule has 1 aliphatic rings. The summed E-state index contributed by atoms with van der Waals surface area (Å²) < 4.78 is 15.5. The Bertz CT molecular complexity index is 769. The number of carbonyl (C=O) groups excluding carboxylic acids is 1. The molecule has 156 valence electrons. The van der Waals surface area contributed by atoms with Crippen LogP contribution in [-0.4, -0.2) is 69.7 Å². The molecule has 0 bridgehead atoms. The van der Waals surface area contributed by atoms with E-state index in [1.54, 1.807) is 19.4 Å². The Kier molecular flexibility index (Phi) is 7.57. The number of likely N-dealkylation sites (tertiary alicyclic amines) is 1. The Balaban J connectivity index is 1.74. The summed E-state index contributed by atoms with van der Waals surface area (Å²) in [6.45, 7) is 3.06. The van der Waals surface area contributed by atoms with Gasteiger partial charge in [-0.15, -0.1) is 0 Å². The molecule has 1 fully saturated rings. The molecule has 1 aromatic heterocycles. The molecule has 2 heterocycles. The van der Waals surface area contributed by atoms with Crippen molar-refractivity contribution < 1.29 is 19.0 Å². The van der Waals surface area contributed by atoms with E-state index in [-0.39, 0.29) is 18.1 Å². The van der Waals surface area contributed by atoms with Crippen molar-refractivity contribution in [3.63, 3.8) is 0 Å². The molecular weight excluding hydrogens is 370 g/mol. The summed E-state index contributed by atoms with van der Waals surface area (Å²) in [6.07, 6.45) is 2.76. The first-order valence-electron chi connectivity index (χ1n) is 9.77. The van der Waals surface area contributed by atoms with E-state index in [0.29, 0.717) is 12.4 Å². The van der Waals surface area contributed by atoms with Crippen LogP contribution in [0.25, 0.3) is 0 Å². The second-order valence-corrected chi connectivity index (χ2v) is 7.18. The highest BCUT2D eigenvalue weighted by molar-refractivity contribution is 5.89. The first-order valence-corrected chi connectivity index (χ1v) is 9.77. The van der Waals surface area contributed by atoms with E-state index >= 15 is 0 Å². The molecular formula is C22H29N3O4. The normalized spacial score (nSPS) is 17.8. The molecule has 0 unspecified atom stereocenters. The largest absolute Gasteiger partial charge is 0.465 e. The van der Waals surface area contributed by atoms with Crippen molar-refractivity contribution in [2.45, 2.75) is 18.6 Å². The highest BCUT2D eigenvalue weighted by Gasteiger charge is 2.28. The van der Waals surface area contributed by atoms with Gasteiger partial charge in [0.2, 0.25) is 0 Å². The number of nitrogens with zero attached hydrogens (tertiary/aromatic N) is 3. The third kappa shape index (κ3) is 5.53. The fourth-order valence-electron chi connectivity index (χ4n) is 3.63. The zero-order chi connectivity index (χ0) is 20.6. The van der Waals surface area contributed by atoms with Gasteiger partial charge in [0.25, 0.3) is 0 Å². The number of methoxy groups -OCH3 is 2. The van der Waals surface area contributed by atoms with Crippen LogP contribution in [0.15, 0.2) is 48.7 Å². The van der Waals surface area contributed by atoms with Gasteiger partial charge in [-0.1, -0.05) is 30.3 Å². The quantitative estimate of drug-likeness (QED) is 0.474. The number of hydrogen-bond donors (Lipinski definition) is 0. The van der Waals surface area contributed by atoms with Crippen molar-refractivity contribution >= 4 is 11.8 Å². The number of esters is 1. The van der Waals surface area contributed by atoms with Crippen molar-refractivity contribution in [3.8, 4) is 0 Å². The summed E-state index contributed by atoms with van der Waals surface area (Å²) in [5.41, 5.74) is 1.66. The highest BCUT2D eigenvalue weighted by Crippen LogP contribution is 2.27. The third-order valence-corrected chi connectivity index (χ3v) is 5.26. The van der Waals surface area contributed by atoms with Crippen LogP contribution in [0.1, 0.15) is 28.4 Å². The molecule has 0 saturated carbocycles. The number of hydrogen-bond acceptors (Lipinski definition) is 7. The van der Waals surface area contributed by atoms with Crippen molar-refractivity contribution in [3.05, 3.63) is 59.8 Å². The molecule has 0 N–H and O–H groups in total. The van der Waals surface area contributed by atoms with Crippen molar-refractivity contribution in [1.29, 1.82) is 0 Å². The van der Waals surface area contributed by atoms with Crippen LogP contribution in [0.2, 0.25) is 0 Å². The first-order chi connectivity index (χ1) is 14.1. The van der Waals surface area contributed by atoms with Crippen LogP contribution in [0, 0.1) is 0 Å². The van der Waals surface area contributed by atoms with Gasteiger partial charge in [-0.3, -0.25) is 4.90 Å². The van der Waals surface area contributed by atoms with Gasteiger partial charge in [0, 0.05) is 40.0 Å². The molecule has 1 saturated heterocycles. The maximum Gasteiger partial charge on any atom is 0.339 e. The molecule has 7 nitrogen and oxygen atoms in total. The standard InChI is InChI=1S/C22H29N3O4/c1-24(21-10-9-18(13-23-21)22(26)28-3)20(17-7-5-4-6-8-17)15-25-12-11-19(14-25)29-16-27-2/h4-10,13,19-20H,11-12,14-16H2,1-3H3/t19-,20+/m0/s1. The lowest BCUT2D eigenvalue weighted by Crippen LogP contribution is -2.36. The Hall–Kier alpha value is -2.48. The van der Waals surface area contributed by atoms with E-state index in [1.807, 2.05) is 19.2 Å². The van der Waals surface area contributed by atoms with Crippen LogP contribution < -0.4 is 4.90 Å². The fourth-order valence-corrected chi connectivity index (χ4v) is 3.63. The average Bonchev–Trinajstić information content (AvgIpc) is 3.23. The van der Waals surface area contributed by atoms with Gasteiger partial charge in [-0.25, -0.2) is 9.78 Å². The molecule has 0 spiro atoms. The van der Waals surface area contributed by atoms with E-state index in [0.717, 1.165) is 31.9 Å². The third-order valence-electron chi connectivity index (χ3n) is 5.26. The first kappa shape index (κ1) is 21.2. The lowest BCUT2D eigenvalue weighted by atomic mass is 10.0. The predicted octanol–water partition coefficient (Wildman–Crippen LogP) is 2.74. The fraction of sp³-hybridized carbons (Fsp3) is 0.455. The van der Waals surface area contributed by atoms with Gasteiger partial charge in [0.05, 0.1) is 24.8 Å². The average molecular weight is 399 g/mol. The summed E-state index contributed by atoms with van der Waals surface area (Å²) in [5.74, 6) is 0.420. The number of carbonyl (C=O) groups is 1. The molecule has 1 aromatic carbocycles. The van der Waals surface area contributed by atoms with Crippen molar-refractivity contribution in [2.24, 2.45) is 0 Å². The van der Waals surface area contributed by atoms with Gasteiger partial charge in [0.1, 0.15) is 12.6 Å². The van der Waals surface area contributed by atoms with Gasteiger partial charge >= 0.3 is 5.97 Å². The van der Waals surface area contributed by atoms with Crippen LogP contribution in [-0.2, 0) is 14.2 Å². The van der Waals surface area contributed by atoms with E-state index < -0.39 is 0 Å².